The van der Waals surface area contributed by atoms with Crippen molar-refractivity contribution in [1.82, 2.24) is 4.90 Å². The van der Waals surface area contributed by atoms with E-state index in [9.17, 15) is 10.1 Å². The highest BCUT2D eigenvalue weighted by Crippen LogP contribution is 2.31. The number of anilines is 1. The van der Waals surface area contributed by atoms with Crippen LogP contribution in [-0.4, -0.2) is 41.5 Å². The monoisotopic (exact) mass is 401 g/mol. The highest BCUT2D eigenvalue weighted by molar-refractivity contribution is 14.1. The van der Waals surface area contributed by atoms with Crippen molar-refractivity contribution < 1.29 is 4.92 Å². The first-order valence-electron chi connectivity index (χ1n) is 7.51. The largest absolute Gasteiger partial charge is 0.366 e. The molecule has 2 atom stereocenters. The molecule has 21 heavy (non-hydrogen) atoms. The molecule has 2 aliphatic heterocycles. The molecular formula is C15H20IN3O2. The lowest BCUT2D eigenvalue weighted by molar-refractivity contribution is -0.385. The zero-order chi connectivity index (χ0) is 15.0. The molecule has 5 nitrogen and oxygen atoms in total. The maximum atomic E-state index is 10.9. The number of fused-ring (bicyclic) bond motifs is 1. The summed E-state index contributed by atoms with van der Waals surface area (Å²) in [5, 5.41) is 10.9. The highest BCUT2D eigenvalue weighted by atomic mass is 127. The number of piperidine rings is 1. The molecule has 0 N–H and O–H groups in total. The van der Waals surface area contributed by atoms with Crippen LogP contribution in [0.5, 0.6) is 0 Å². The molecule has 114 valence electrons. The Morgan fingerprint density at radius 2 is 2.14 bits per heavy atom. The third kappa shape index (κ3) is 3.01. The molecule has 1 aromatic rings. The molecule has 0 radical (unpaired) electrons. The van der Waals surface area contributed by atoms with Crippen molar-refractivity contribution in [3.05, 3.63) is 31.9 Å². The fraction of sp³-hybridized carbons (Fsp3) is 0.600. The normalized spacial score (nSPS) is 26.5. The van der Waals surface area contributed by atoms with Crippen LogP contribution in [0.1, 0.15) is 26.2 Å². The van der Waals surface area contributed by atoms with E-state index >= 15 is 0 Å². The molecule has 1 aromatic carbocycles. The van der Waals surface area contributed by atoms with Crippen molar-refractivity contribution in [2.75, 3.05) is 24.5 Å². The number of nitro benzene ring substituents is 1. The molecule has 2 fully saturated rings. The Labute approximate surface area is 138 Å². The molecule has 0 saturated carbocycles. The summed E-state index contributed by atoms with van der Waals surface area (Å²) in [4.78, 5) is 15.7. The lowest BCUT2D eigenvalue weighted by Crippen LogP contribution is -2.58. The molecule has 6 heteroatoms. The Hall–Kier alpha value is -0.890. The zero-order valence-corrected chi connectivity index (χ0v) is 14.3. The SMILES string of the molecule is CC1CN2CCCCC2CN1c1ccc([N+](=O)[O-])c(I)c1. The second-order valence-electron chi connectivity index (χ2n) is 6.04. The Balaban J connectivity index is 1.82. The van der Waals surface area contributed by atoms with Crippen LogP contribution in [0.3, 0.4) is 0 Å². The smallest absolute Gasteiger partial charge is 0.282 e. The maximum absolute atomic E-state index is 10.9. The van der Waals surface area contributed by atoms with Crippen molar-refractivity contribution in [1.29, 1.82) is 0 Å². The van der Waals surface area contributed by atoms with Gasteiger partial charge in [0.2, 0.25) is 0 Å². The summed E-state index contributed by atoms with van der Waals surface area (Å²) in [7, 11) is 0. The van der Waals surface area contributed by atoms with Gasteiger partial charge in [-0.15, -0.1) is 0 Å². The van der Waals surface area contributed by atoms with Gasteiger partial charge in [0.15, 0.2) is 0 Å². The molecule has 3 rings (SSSR count). The van der Waals surface area contributed by atoms with E-state index in [1.165, 1.54) is 25.8 Å². The summed E-state index contributed by atoms with van der Waals surface area (Å²) in [5.74, 6) is 0. The predicted octanol–water partition coefficient (Wildman–Crippen LogP) is 3.26. The first-order valence-corrected chi connectivity index (χ1v) is 8.59. The lowest BCUT2D eigenvalue weighted by atomic mass is 9.96. The minimum absolute atomic E-state index is 0.198. The summed E-state index contributed by atoms with van der Waals surface area (Å²) < 4.78 is 0.716. The molecule has 0 amide bonds. The minimum atomic E-state index is -0.311. The van der Waals surface area contributed by atoms with Crippen LogP contribution in [0.4, 0.5) is 11.4 Å². The summed E-state index contributed by atoms with van der Waals surface area (Å²) >= 11 is 2.06. The van der Waals surface area contributed by atoms with Gasteiger partial charge >= 0.3 is 0 Å². The number of halogens is 1. The van der Waals surface area contributed by atoms with Crippen molar-refractivity contribution in [2.45, 2.75) is 38.3 Å². The summed E-state index contributed by atoms with van der Waals surface area (Å²) in [6, 6.07) is 6.58. The summed E-state index contributed by atoms with van der Waals surface area (Å²) in [6.45, 7) is 5.60. The third-order valence-corrected chi connectivity index (χ3v) is 5.51. The van der Waals surface area contributed by atoms with Gasteiger partial charge in [0, 0.05) is 36.9 Å². The Bertz CT molecular complexity index is 552. The van der Waals surface area contributed by atoms with Gasteiger partial charge in [-0.1, -0.05) is 6.42 Å². The minimum Gasteiger partial charge on any atom is -0.366 e. The molecule has 2 unspecified atom stereocenters. The first kappa shape index (κ1) is 15.0. The van der Waals surface area contributed by atoms with E-state index in [1.807, 2.05) is 12.1 Å². The van der Waals surface area contributed by atoms with Gasteiger partial charge in [0.05, 0.1) is 8.49 Å². The fourth-order valence-electron chi connectivity index (χ4n) is 3.53. The number of benzene rings is 1. The number of hydrogen-bond acceptors (Lipinski definition) is 4. The summed E-state index contributed by atoms with van der Waals surface area (Å²) in [5.41, 5.74) is 1.31. The highest BCUT2D eigenvalue weighted by Gasteiger charge is 2.33. The van der Waals surface area contributed by atoms with Gasteiger partial charge in [-0.3, -0.25) is 15.0 Å². The molecule has 2 saturated heterocycles. The second kappa shape index (κ2) is 6.08. The van der Waals surface area contributed by atoms with Gasteiger partial charge in [0.25, 0.3) is 5.69 Å². The average Bonchev–Trinajstić information content (AvgIpc) is 2.46. The Morgan fingerprint density at radius 3 is 2.86 bits per heavy atom. The predicted molar refractivity (Wildman–Crippen MR) is 91.8 cm³/mol. The van der Waals surface area contributed by atoms with Gasteiger partial charge < -0.3 is 4.90 Å². The number of rotatable bonds is 2. The van der Waals surface area contributed by atoms with E-state index in [1.54, 1.807) is 6.07 Å². The maximum Gasteiger partial charge on any atom is 0.282 e. The van der Waals surface area contributed by atoms with Gasteiger partial charge in [-0.05, 0) is 61.0 Å². The van der Waals surface area contributed by atoms with Gasteiger partial charge in [0.1, 0.15) is 0 Å². The first-order chi connectivity index (χ1) is 10.1. The zero-order valence-electron chi connectivity index (χ0n) is 12.2. The van der Waals surface area contributed by atoms with E-state index in [0.29, 0.717) is 15.7 Å². The lowest BCUT2D eigenvalue weighted by Gasteiger charge is -2.48. The van der Waals surface area contributed by atoms with E-state index in [-0.39, 0.29) is 10.6 Å². The number of hydrogen-bond donors (Lipinski definition) is 0. The second-order valence-corrected chi connectivity index (χ2v) is 7.20. The average molecular weight is 401 g/mol. The third-order valence-electron chi connectivity index (χ3n) is 4.65. The molecule has 0 spiro atoms. The van der Waals surface area contributed by atoms with Crippen molar-refractivity contribution in [3.8, 4) is 0 Å². The molecule has 0 aromatic heterocycles. The van der Waals surface area contributed by atoms with Crippen LogP contribution in [0.2, 0.25) is 0 Å². The number of nitrogens with zero attached hydrogens (tertiary/aromatic N) is 3. The standard InChI is InChI=1S/C15H20IN3O2/c1-11-9-17-7-3-2-4-13(17)10-18(11)12-5-6-15(19(20)21)14(16)8-12/h5-6,8,11,13H,2-4,7,9-10H2,1H3. The van der Waals surface area contributed by atoms with E-state index in [2.05, 4.69) is 39.3 Å². The van der Waals surface area contributed by atoms with Crippen molar-refractivity contribution in [2.24, 2.45) is 0 Å². The van der Waals surface area contributed by atoms with Crippen LogP contribution < -0.4 is 4.90 Å². The molecule has 0 aliphatic carbocycles. The molecule has 2 heterocycles. The fourth-order valence-corrected chi connectivity index (χ4v) is 4.23. The van der Waals surface area contributed by atoms with Gasteiger partial charge in [-0.2, -0.15) is 0 Å². The van der Waals surface area contributed by atoms with Crippen molar-refractivity contribution >= 4 is 34.0 Å². The molecular weight excluding hydrogens is 381 g/mol. The van der Waals surface area contributed by atoms with E-state index in [4.69, 9.17) is 0 Å². The summed E-state index contributed by atoms with van der Waals surface area (Å²) in [6.07, 6.45) is 3.91. The molecule has 0 bridgehead atoms. The Morgan fingerprint density at radius 1 is 1.33 bits per heavy atom. The topological polar surface area (TPSA) is 49.6 Å². The number of nitro groups is 1. The van der Waals surface area contributed by atoms with Crippen LogP contribution in [0.15, 0.2) is 18.2 Å². The van der Waals surface area contributed by atoms with Crippen LogP contribution >= 0.6 is 22.6 Å². The van der Waals surface area contributed by atoms with Crippen LogP contribution in [0, 0.1) is 13.7 Å². The van der Waals surface area contributed by atoms with Gasteiger partial charge in [-0.25, -0.2) is 0 Å². The van der Waals surface area contributed by atoms with E-state index < -0.39 is 0 Å². The van der Waals surface area contributed by atoms with Crippen molar-refractivity contribution in [3.63, 3.8) is 0 Å². The Kier molecular flexibility index (Phi) is 4.35. The number of piperazine rings is 1. The van der Waals surface area contributed by atoms with Crippen LogP contribution in [-0.2, 0) is 0 Å². The van der Waals surface area contributed by atoms with E-state index in [0.717, 1.165) is 18.8 Å². The quantitative estimate of drug-likeness (QED) is 0.434. The van der Waals surface area contributed by atoms with Crippen LogP contribution in [0.25, 0.3) is 0 Å². The molecule has 2 aliphatic rings.